The number of nitrogens with one attached hydrogen (secondary N) is 3. The summed E-state index contributed by atoms with van der Waals surface area (Å²) in [5, 5.41) is 9.80. The van der Waals surface area contributed by atoms with Crippen molar-refractivity contribution in [1.82, 2.24) is 20.2 Å². The third-order valence-electron chi connectivity index (χ3n) is 3.46. The molecule has 1 aromatic rings. The second-order valence-corrected chi connectivity index (χ2v) is 7.78. The van der Waals surface area contributed by atoms with Crippen molar-refractivity contribution in [2.75, 3.05) is 0 Å². The van der Waals surface area contributed by atoms with Gasteiger partial charge in [0.25, 0.3) is 10.0 Å². The van der Waals surface area contributed by atoms with Crippen LogP contribution in [0, 0.1) is 5.41 Å². The Balaban J connectivity index is 2.10. The Morgan fingerprint density at radius 1 is 1.53 bits per heavy atom. The van der Waals surface area contributed by atoms with Gasteiger partial charge in [-0.3, -0.25) is 5.10 Å². The second-order valence-electron chi connectivity index (χ2n) is 6.13. The predicted octanol–water partition coefficient (Wildman–Crippen LogP) is 0.985. The Labute approximate surface area is 114 Å². The van der Waals surface area contributed by atoms with Gasteiger partial charge in [0.05, 0.1) is 6.20 Å². The third-order valence-corrected chi connectivity index (χ3v) is 4.94. The molecule has 0 spiro atoms. The van der Waals surface area contributed by atoms with E-state index in [1.807, 2.05) is 27.7 Å². The quantitative estimate of drug-likeness (QED) is 0.727. The van der Waals surface area contributed by atoms with Crippen LogP contribution in [0.3, 0.4) is 0 Å². The fourth-order valence-electron chi connectivity index (χ4n) is 1.89. The van der Waals surface area contributed by atoms with E-state index >= 15 is 0 Å². The molecule has 108 valence electrons. The van der Waals surface area contributed by atoms with Gasteiger partial charge in [0.15, 0.2) is 5.03 Å². The summed E-state index contributed by atoms with van der Waals surface area (Å²) in [4.78, 5) is 0. The van der Waals surface area contributed by atoms with Gasteiger partial charge in [-0.2, -0.15) is 5.10 Å². The van der Waals surface area contributed by atoms with Crippen LogP contribution >= 0.6 is 0 Å². The van der Waals surface area contributed by atoms with Crippen molar-refractivity contribution in [1.29, 1.82) is 0 Å². The minimum absolute atomic E-state index is 0.0201. The van der Waals surface area contributed by atoms with Gasteiger partial charge < -0.3 is 5.32 Å². The van der Waals surface area contributed by atoms with Crippen LogP contribution in [0.5, 0.6) is 0 Å². The highest BCUT2D eigenvalue weighted by atomic mass is 32.2. The van der Waals surface area contributed by atoms with E-state index in [0.29, 0.717) is 18.2 Å². The molecule has 1 heterocycles. The molecule has 2 rings (SSSR count). The lowest BCUT2D eigenvalue weighted by molar-refractivity contribution is 0.546. The van der Waals surface area contributed by atoms with Gasteiger partial charge in [-0.15, -0.1) is 0 Å². The molecule has 0 saturated heterocycles. The van der Waals surface area contributed by atoms with Gasteiger partial charge in [-0.05, 0) is 11.8 Å². The Hall–Kier alpha value is -0.920. The molecule has 0 aliphatic heterocycles. The number of nitrogens with zero attached hydrogens (tertiary/aromatic N) is 1. The predicted molar refractivity (Wildman–Crippen MR) is 73.1 cm³/mol. The SMILES string of the molecule is CC(C)NCc1cn[nH]c1S(=O)(=O)NC1CC1(C)C. The van der Waals surface area contributed by atoms with Crippen molar-refractivity contribution in [3.05, 3.63) is 11.8 Å². The van der Waals surface area contributed by atoms with E-state index in [-0.39, 0.29) is 16.5 Å². The molecule has 0 aromatic carbocycles. The summed E-state index contributed by atoms with van der Waals surface area (Å²) in [6.07, 6.45) is 2.43. The molecule has 19 heavy (non-hydrogen) atoms. The smallest absolute Gasteiger partial charge is 0.258 e. The molecule has 7 heteroatoms. The van der Waals surface area contributed by atoms with Crippen molar-refractivity contribution in [2.24, 2.45) is 5.41 Å². The molecule has 6 nitrogen and oxygen atoms in total. The lowest BCUT2D eigenvalue weighted by atomic mass is 10.2. The molecule has 0 amide bonds. The van der Waals surface area contributed by atoms with Crippen molar-refractivity contribution in [3.63, 3.8) is 0 Å². The second kappa shape index (κ2) is 4.88. The maximum absolute atomic E-state index is 12.3. The molecule has 1 aliphatic carbocycles. The molecule has 0 bridgehead atoms. The maximum atomic E-state index is 12.3. The topological polar surface area (TPSA) is 86.9 Å². The Bertz CT molecular complexity index is 548. The van der Waals surface area contributed by atoms with Crippen LogP contribution in [-0.2, 0) is 16.6 Å². The number of rotatable bonds is 6. The molecule has 1 unspecified atom stereocenters. The van der Waals surface area contributed by atoms with Gasteiger partial charge in [0, 0.05) is 24.2 Å². The van der Waals surface area contributed by atoms with Crippen LogP contribution in [0.2, 0.25) is 0 Å². The van der Waals surface area contributed by atoms with Crippen LogP contribution in [0.1, 0.15) is 39.7 Å². The fourth-order valence-corrected chi connectivity index (χ4v) is 3.42. The number of aromatic nitrogens is 2. The van der Waals surface area contributed by atoms with Crippen molar-refractivity contribution < 1.29 is 8.42 Å². The van der Waals surface area contributed by atoms with Gasteiger partial charge in [-0.1, -0.05) is 27.7 Å². The largest absolute Gasteiger partial charge is 0.310 e. The Morgan fingerprint density at radius 2 is 2.16 bits per heavy atom. The number of sulfonamides is 1. The first-order valence-electron chi connectivity index (χ1n) is 6.50. The van der Waals surface area contributed by atoms with E-state index < -0.39 is 10.0 Å². The van der Waals surface area contributed by atoms with E-state index in [0.717, 1.165) is 6.42 Å². The standard InChI is InChI=1S/C12H22N4O2S/c1-8(2)13-6-9-7-14-15-11(9)19(17,18)16-10-5-12(10,3)4/h7-8,10,13,16H,5-6H2,1-4H3,(H,14,15). The van der Waals surface area contributed by atoms with Crippen LogP contribution < -0.4 is 10.0 Å². The molecule has 1 atom stereocenters. The molecule has 1 aromatic heterocycles. The molecule has 1 aliphatic rings. The van der Waals surface area contributed by atoms with Crippen molar-refractivity contribution >= 4 is 10.0 Å². The van der Waals surface area contributed by atoms with E-state index in [2.05, 4.69) is 20.2 Å². The zero-order chi connectivity index (χ0) is 14.3. The summed E-state index contributed by atoms with van der Waals surface area (Å²) in [5.74, 6) is 0. The lowest BCUT2D eigenvalue weighted by Crippen LogP contribution is -2.30. The van der Waals surface area contributed by atoms with Gasteiger partial charge in [0.2, 0.25) is 0 Å². The minimum atomic E-state index is -3.51. The summed E-state index contributed by atoms with van der Waals surface area (Å²) >= 11 is 0. The average Bonchev–Trinajstić information content (AvgIpc) is 2.73. The summed E-state index contributed by atoms with van der Waals surface area (Å²) < 4.78 is 27.3. The highest BCUT2D eigenvalue weighted by molar-refractivity contribution is 7.89. The number of hydrogen-bond donors (Lipinski definition) is 3. The van der Waals surface area contributed by atoms with Gasteiger partial charge in [-0.25, -0.2) is 13.1 Å². The Kier molecular flexibility index (Phi) is 3.72. The Morgan fingerprint density at radius 3 is 2.68 bits per heavy atom. The van der Waals surface area contributed by atoms with Crippen LogP contribution in [0.15, 0.2) is 11.2 Å². The van der Waals surface area contributed by atoms with E-state index in [1.54, 1.807) is 6.20 Å². The van der Waals surface area contributed by atoms with Crippen LogP contribution in [0.25, 0.3) is 0 Å². The summed E-state index contributed by atoms with van der Waals surface area (Å²) in [6, 6.07) is 0.312. The number of hydrogen-bond acceptors (Lipinski definition) is 4. The molecular formula is C12H22N4O2S. The van der Waals surface area contributed by atoms with Crippen LogP contribution in [-0.4, -0.2) is 30.7 Å². The monoisotopic (exact) mass is 286 g/mol. The first-order valence-corrected chi connectivity index (χ1v) is 7.98. The first kappa shape index (κ1) is 14.5. The number of H-pyrrole nitrogens is 1. The highest BCUT2D eigenvalue weighted by Crippen LogP contribution is 2.45. The highest BCUT2D eigenvalue weighted by Gasteiger charge is 2.48. The lowest BCUT2D eigenvalue weighted by Gasteiger charge is -2.10. The minimum Gasteiger partial charge on any atom is -0.310 e. The normalized spacial score (nSPS) is 21.8. The third kappa shape index (κ3) is 3.34. The fraction of sp³-hybridized carbons (Fsp3) is 0.750. The molecule has 0 radical (unpaired) electrons. The maximum Gasteiger partial charge on any atom is 0.258 e. The molecule has 3 N–H and O–H groups in total. The van der Waals surface area contributed by atoms with Crippen molar-refractivity contribution in [3.8, 4) is 0 Å². The molecule has 1 saturated carbocycles. The molecular weight excluding hydrogens is 264 g/mol. The summed E-state index contributed by atoms with van der Waals surface area (Å²) in [7, 11) is -3.51. The average molecular weight is 286 g/mol. The molecule has 1 fully saturated rings. The van der Waals surface area contributed by atoms with Crippen molar-refractivity contribution in [2.45, 2.75) is 57.8 Å². The summed E-state index contributed by atoms with van der Waals surface area (Å²) in [6.45, 7) is 8.61. The van der Waals surface area contributed by atoms with E-state index in [4.69, 9.17) is 0 Å². The summed E-state index contributed by atoms with van der Waals surface area (Å²) in [5.41, 5.74) is 0.725. The van der Waals surface area contributed by atoms with Gasteiger partial charge >= 0.3 is 0 Å². The first-order chi connectivity index (χ1) is 8.72. The van der Waals surface area contributed by atoms with E-state index in [1.165, 1.54) is 0 Å². The van der Waals surface area contributed by atoms with Crippen LogP contribution in [0.4, 0.5) is 0 Å². The van der Waals surface area contributed by atoms with E-state index in [9.17, 15) is 8.42 Å². The number of aromatic amines is 1. The van der Waals surface area contributed by atoms with Gasteiger partial charge in [0.1, 0.15) is 0 Å². The zero-order valence-corrected chi connectivity index (χ0v) is 12.6. The zero-order valence-electron chi connectivity index (χ0n) is 11.8.